The zero-order chi connectivity index (χ0) is 15.0. The molecule has 1 unspecified atom stereocenters. The zero-order valence-electron chi connectivity index (χ0n) is 11.3. The fourth-order valence-corrected chi connectivity index (χ4v) is 2.50. The van der Waals surface area contributed by atoms with Gasteiger partial charge in [0.1, 0.15) is 5.75 Å². The Morgan fingerprint density at radius 1 is 1.25 bits per heavy atom. The summed E-state index contributed by atoms with van der Waals surface area (Å²) < 4.78 is 16.7. The van der Waals surface area contributed by atoms with Crippen LogP contribution in [0.2, 0.25) is 0 Å². The van der Waals surface area contributed by atoms with Crippen molar-refractivity contribution in [2.24, 2.45) is 0 Å². The van der Waals surface area contributed by atoms with E-state index in [0.29, 0.717) is 6.61 Å². The minimum Gasteiger partial charge on any atom is -0.478 e. The van der Waals surface area contributed by atoms with Gasteiger partial charge >= 0.3 is 11.9 Å². The van der Waals surface area contributed by atoms with Crippen LogP contribution < -0.4 is 0 Å². The van der Waals surface area contributed by atoms with Crippen LogP contribution in [-0.2, 0) is 26.1 Å². The smallest absolute Gasteiger partial charge is 0.335 e. The zero-order valence-corrected chi connectivity index (χ0v) is 12.1. The molecule has 0 aliphatic heterocycles. The number of ether oxygens (including phenoxy) is 1. The summed E-state index contributed by atoms with van der Waals surface area (Å²) in [5, 5.41) is 8.76. The highest BCUT2D eigenvalue weighted by Crippen LogP contribution is 2.07. The summed E-state index contributed by atoms with van der Waals surface area (Å²) in [6.07, 6.45) is 1.74. The van der Waals surface area contributed by atoms with Crippen molar-refractivity contribution in [1.82, 2.24) is 0 Å². The molecule has 110 valence electrons. The lowest BCUT2D eigenvalue weighted by Crippen LogP contribution is -2.15. The molecular formula is C14H18O5S. The fraction of sp³-hybridized carbons (Fsp3) is 0.429. The van der Waals surface area contributed by atoms with Gasteiger partial charge in [0.25, 0.3) is 0 Å². The molecule has 0 saturated heterocycles. The summed E-state index contributed by atoms with van der Waals surface area (Å²) in [4.78, 5) is 22.1. The second-order valence-electron chi connectivity index (χ2n) is 4.30. The maximum atomic E-state index is 11.8. The molecule has 0 saturated carbocycles. The molecule has 1 aromatic rings. The van der Waals surface area contributed by atoms with E-state index in [1.165, 1.54) is 12.1 Å². The van der Waals surface area contributed by atoms with Gasteiger partial charge in [-0.05, 0) is 24.1 Å². The number of unbranched alkanes of at least 4 members (excludes halogenated alkanes) is 1. The number of carboxylic acid groups (broad SMARTS) is 1. The Labute approximate surface area is 120 Å². The van der Waals surface area contributed by atoms with E-state index in [0.717, 1.165) is 18.4 Å². The number of carboxylic acids is 1. The van der Waals surface area contributed by atoms with Gasteiger partial charge in [0.2, 0.25) is 0 Å². The van der Waals surface area contributed by atoms with E-state index in [-0.39, 0.29) is 17.1 Å². The maximum absolute atomic E-state index is 11.8. The van der Waals surface area contributed by atoms with Gasteiger partial charge < -0.3 is 9.84 Å². The lowest BCUT2D eigenvalue weighted by molar-refractivity contribution is -0.140. The van der Waals surface area contributed by atoms with Crippen molar-refractivity contribution in [3.63, 3.8) is 0 Å². The molecule has 0 amide bonds. The molecule has 1 rings (SSSR count). The number of carbonyl (C=O) groups is 2. The van der Waals surface area contributed by atoms with Gasteiger partial charge in [-0.2, -0.15) is 0 Å². The summed E-state index contributed by atoms with van der Waals surface area (Å²) >= 11 is 0. The summed E-state index contributed by atoms with van der Waals surface area (Å²) in [5.41, 5.74) is 0.910. The Morgan fingerprint density at radius 2 is 1.90 bits per heavy atom. The van der Waals surface area contributed by atoms with Crippen LogP contribution >= 0.6 is 0 Å². The van der Waals surface area contributed by atoms with E-state index in [2.05, 4.69) is 0 Å². The summed E-state index contributed by atoms with van der Waals surface area (Å²) in [5.74, 6) is -1.39. The summed E-state index contributed by atoms with van der Waals surface area (Å²) in [6.45, 7) is 2.35. The molecule has 0 heterocycles. The van der Waals surface area contributed by atoms with Gasteiger partial charge in [-0.1, -0.05) is 25.5 Å². The molecule has 1 aromatic carbocycles. The van der Waals surface area contributed by atoms with E-state index in [1.54, 1.807) is 12.1 Å². The normalized spacial score (nSPS) is 11.8. The topological polar surface area (TPSA) is 80.7 Å². The van der Waals surface area contributed by atoms with E-state index in [4.69, 9.17) is 9.84 Å². The van der Waals surface area contributed by atoms with Gasteiger partial charge in [0.05, 0.1) is 12.2 Å². The third kappa shape index (κ3) is 5.97. The molecule has 20 heavy (non-hydrogen) atoms. The van der Waals surface area contributed by atoms with Crippen molar-refractivity contribution < 1.29 is 23.6 Å². The van der Waals surface area contributed by atoms with Crippen LogP contribution in [0.4, 0.5) is 0 Å². The van der Waals surface area contributed by atoms with Crippen molar-refractivity contribution in [1.29, 1.82) is 0 Å². The van der Waals surface area contributed by atoms with Crippen LogP contribution in [0.15, 0.2) is 24.3 Å². The van der Waals surface area contributed by atoms with E-state index in [9.17, 15) is 13.8 Å². The third-order valence-corrected chi connectivity index (χ3v) is 3.78. The van der Waals surface area contributed by atoms with Crippen molar-refractivity contribution in [2.45, 2.75) is 25.5 Å². The quantitative estimate of drug-likeness (QED) is 0.586. The molecule has 0 aliphatic carbocycles. The predicted molar refractivity (Wildman–Crippen MR) is 76.0 cm³/mol. The fourth-order valence-electron chi connectivity index (χ4n) is 1.48. The average Bonchev–Trinajstić information content (AvgIpc) is 2.39. The van der Waals surface area contributed by atoms with Crippen LogP contribution in [0.25, 0.3) is 0 Å². The first-order chi connectivity index (χ1) is 9.52. The molecule has 6 heteroatoms. The van der Waals surface area contributed by atoms with E-state index < -0.39 is 22.7 Å². The van der Waals surface area contributed by atoms with Crippen molar-refractivity contribution >= 4 is 22.7 Å². The molecule has 0 spiro atoms. The molecule has 0 radical (unpaired) electrons. The third-order valence-electron chi connectivity index (χ3n) is 2.57. The molecule has 1 N–H and O–H groups in total. The number of esters is 1. The molecule has 0 fully saturated rings. The number of hydrogen-bond donors (Lipinski definition) is 1. The van der Waals surface area contributed by atoms with Gasteiger partial charge in [-0.25, -0.2) is 4.79 Å². The van der Waals surface area contributed by atoms with Crippen molar-refractivity contribution in [3.05, 3.63) is 35.4 Å². The first kappa shape index (κ1) is 16.4. The second-order valence-corrected chi connectivity index (χ2v) is 5.76. The first-order valence-electron chi connectivity index (χ1n) is 6.35. The second kappa shape index (κ2) is 8.47. The molecule has 0 bridgehead atoms. The maximum Gasteiger partial charge on any atom is 0.335 e. The minimum absolute atomic E-state index is 0.135. The van der Waals surface area contributed by atoms with Gasteiger partial charge in [-0.15, -0.1) is 0 Å². The summed E-state index contributed by atoms with van der Waals surface area (Å²) in [7, 11) is -1.35. The average molecular weight is 298 g/mol. The minimum atomic E-state index is -1.35. The van der Waals surface area contributed by atoms with Crippen molar-refractivity contribution in [2.75, 3.05) is 12.4 Å². The lowest BCUT2D eigenvalue weighted by atomic mass is 10.1. The highest BCUT2D eigenvalue weighted by atomic mass is 32.2. The summed E-state index contributed by atoms with van der Waals surface area (Å²) in [6, 6.07) is 6.11. The first-order valence-corrected chi connectivity index (χ1v) is 7.84. The number of carbonyl (C=O) groups excluding carboxylic acids is 1. The molecule has 5 nitrogen and oxygen atoms in total. The number of aromatic carboxylic acids is 1. The SMILES string of the molecule is CCCCOC(=O)CS(=O)Cc1ccc(C(=O)O)cc1. The molecule has 1 atom stereocenters. The predicted octanol–water partition coefficient (Wildman–Crippen LogP) is 1.98. The van der Waals surface area contributed by atoms with Crippen LogP contribution in [-0.4, -0.2) is 33.6 Å². The molecular weight excluding hydrogens is 280 g/mol. The largest absolute Gasteiger partial charge is 0.478 e. The highest BCUT2D eigenvalue weighted by molar-refractivity contribution is 7.84. The number of rotatable bonds is 8. The van der Waals surface area contributed by atoms with Crippen LogP contribution in [0.1, 0.15) is 35.7 Å². The Balaban J connectivity index is 2.42. The van der Waals surface area contributed by atoms with Gasteiger partial charge in [0.15, 0.2) is 0 Å². The van der Waals surface area contributed by atoms with Crippen LogP contribution in [0.5, 0.6) is 0 Å². The van der Waals surface area contributed by atoms with Gasteiger partial charge in [-0.3, -0.25) is 9.00 Å². The van der Waals surface area contributed by atoms with E-state index >= 15 is 0 Å². The number of benzene rings is 1. The van der Waals surface area contributed by atoms with Gasteiger partial charge in [0, 0.05) is 16.6 Å². The van der Waals surface area contributed by atoms with Crippen LogP contribution in [0, 0.1) is 0 Å². The number of hydrogen-bond acceptors (Lipinski definition) is 4. The monoisotopic (exact) mass is 298 g/mol. The Morgan fingerprint density at radius 3 is 2.45 bits per heavy atom. The standard InChI is InChI=1S/C14H18O5S/c1-2-3-8-19-13(15)10-20(18)9-11-4-6-12(7-5-11)14(16)17/h4-7H,2-3,8-10H2,1H3,(H,16,17). The van der Waals surface area contributed by atoms with Crippen molar-refractivity contribution in [3.8, 4) is 0 Å². The Hall–Kier alpha value is -1.69. The van der Waals surface area contributed by atoms with Crippen LogP contribution in [0.3, 0.4) is 0 Å². The Bertz CT molecular complexity index is 481. The van der Waals surface area contributed by atoms with E-state index in [1.807, 2.05) is 6.92 Å². The highest BCUT2D eigenvalue weighted by Gasteiger charge is 2.10. The molecule has 0 aromatic heterocycles. The lowest BCUT2D eigenvalue weighted by Gasteiger charge is -2.04. The molecule has 0 aliphatic rings. The Kier molecular flexibility index (Phi) is 6.93.